The van der Waals surface area contributed by atoms with Crippen molar-refractivity contribution in [2.24, 2.45) is 0 Å². The quantitative estimate of drug-likeness (QED) is 0.166. The molecule has 0 aliphatic rings. The van der Waals surface area contributed by atoms with Crippen molar-refractivity contribution in [3.05, 3.63) is 129 Å². The second kappa shape index (κ2) is 13.4. The van der Waals surface area contributed by atoms with E-state index in [-0.39, 0.29) is 16.0 Å². The lowest BCUT2D eigenvalue weighted by Gasteiger charge is -2.19. The van der Waals surface area contributed by atoms with Crippen molar-refractivity contribution in [1.82, 2.24) is 19.3 Å². The Labute approximate surface area is 269 Å². The van der Waals surface area contributed by atoms with Gasteiger partial charge in [-0.1, -0.05) is 80.9 Å². The fourth-order valence-corrected chi connectivity index (χ4v) is 6.29. The first-order valence-electron chi connectivity index (χ1n) is 15.0. The highest BCUT2D eigenvalue weighted by Gasteiger charge is 2.16. The van der Waals surface area contributed by atoms with Crippen LogP contribution in [0.1, 0.15) is 56.6 Å². The van der Waals surface area contributed by atoms with Crippen LogP contribution in [0.25, 0.3) is 11.3 Å². The number of rotatable bonds is 11. The molecule has 0 unspecified atom stereocenters. The maximum absolute atomic E-state index is 13.0. The molecule has 10 heteroatoms. The molecule has 45 heavy (non-hydrogen) atoms. The molecule has 3 aromatic carbocycles. The van der Waals surface area contributed by atoms with Crippen LogP contribution >= 0.6 is 11.6 Å². The van der Waals surface area contributed by atoms with Crippen LogP contribution in [0.3, 0.4) is 0 Å². The molecule has 0 aliphatic carbocycles. The van der Waals surface area contributed by atoms with Crippen molar-refractivity contribution >= 4 is 27.3 Å². The highest BCUT2D eigenvalue weighted by molar-refractivity contribution is 7.92. The summed E-state index contributed by atoms with van der Waals surface area (Å²) in [7, 11) is -3.74. The summed E-state index contributed by atoms with van der Waals surface area (Å²) >= 11 is 5.87. The predicted octanol–water partition coefficient (Wildman–Crippen LogP) is 7.10. The molecule has 1 N–H and O–H groups in total. The molecule has 0 radical (unpaired) electrons. The summed E-state index contributed by atoms with van der Waals surface area (Å²) in [4.78, 5) is 17.6. The number of aryl methyl sites for hydroxylation is 2. The Morgan fingerprint density at radius 3 is 2.11 bits per heavy atom. The van der Waals surface area contributed by atoms with E-state index in [2.05, 4.69) is 66.9 Å². The third-order valence-electron chi connectivity index (χ3n) is 7.72. The number of pyridine rings is 1. The summed E-state index contributed by atoms with van der Waals surface area (Å²) in [5.41, 5.74) is 5.54. The zero-order chi connectivity index (χ0) is 32.2. The van der Waals surface area contributed by atoms with E-state index in [1.165, 1.54) is 41.6 Å². The number of aromatic nitrogens is 4. The van der Waals surface area contributed by atoms with Gasteiger partial charge in [-0.05, 0) is 78.3 Å². The van der Waals surface area contributed by atoms with Crippen LogP contribution in [0.15, 0.2) is 101 Å². The standard InChI is InChI=1S/C35H38ClN5O3S/c1-5-40-33(38-41(34(40)42)24-26-11-15-28(16-12-26)35(2,3)4)8-6-7-25-9-13-27(14-10-25)32-22-19-30(23-37-32)39-45(43,44)31-20-17-29(36)18-21-31/h9-23,39H,5-8,24H2,1-4H3. The predicted molar refractivity (Wildman–Crippen MR) is 180 cm³/mol. The van der Waals surface area contributed by atoms with Crippen LogP contribution in [0.5, 0.6) is 0 Å². The van der Waals surface area contributed by atoms with Gasteiger partial charge in [0.1, 0.15) is 5.82 Å². The van der Waals surface area contributed by atoms with E-state index >= 15 is 0 Å². The average Bonchev–Trinajstić information content (AvgIpc) is 3.31. The molecule has 2 heterocycles. The number of halogens is 1. The van der Waals surface area contributed by atoms with Crippen molar-refractivity contribution in [2.45, 2.75) is 70.4 Å². The molecular weight excluding hydrogens is 606 g/mol. The largest absolute Gasteiger partial charge is 0.346 e. The van der Waals surface area contributed by atoms with Crippen molar-refractivity contribution in [3.63, 3.8) is 0 Å². The first-order chi connectivity index (χ1) is 21.4. The molecule has 5 rings (SSSR count). The Hall–Kier alpha value is -4.21. The van der Waals surface area contributed by atoms with Crippen molar-refractivity contribution in [3.8, 4) is 11.3 Å². The van der Waals surface area contributed by atoms with Crippen molar-refractivity contribution < 1.29 is 8.42 Å². The van der Waals surface area contributed by atoms with E-state index in [4.69, 9.17) is 16.7 Å². The van der Waals surface area contributed by atoms with Crippen LogP contribution in [0.4, 0.5) is 5.69 Å². The van der Waals surface area contributed by atoms with Gasteiger partial charge in [0, 0.05) is 23.6 Å². The van der Waals surface area contributed by atoms with Gasteiger partial charge in [-0.15, -0.1) is 0 Å². The summed E-state index contributed by atoms with van der Waals surface area (Å²) < 4.78 is 31.2. The summed E-state index contributed by atoms with van der Waals surface area (Å²) in [6.45, 7) is 9.57. The molecule has 0 bridgehead atoms. The first-order valence-corrected chi connectivity index (χ1v) is 16.9. The molecule has 0 saturated heterocycles. The highest BCUT2D eigenvalue weighted by atomic mass is 35.5. The topological polar surface area (TPSA) is 98.9 Å². The second-order valence-corrected chi connectivity index (χ2v) is 14.2. The molecule has 0 fully saturated rings. The molecule has 5 aromatic rings. The molecule has 0 spiro atoms. The summed E-state index contributed by atoms with van der Waals surface area (Å²) in [6, 6.07) is 26.0. The van der Waals surface area contributed by atoms with E-state index in [9.17, 15) is 13.2 Å². The Morgan fingerprint density at radius 2 is 1.51 bits per heavy atom. The molecule has 2 aromatic heterocycles. The smallest absolute Gasteiger partial charge is 0.279 e. The van der Waals surface area contributed by atoms with Gasteiger partial charge in [0.25, 0.3) is 10.0 Å². The van der Waals surface area contributed by atoms with E-state index in [1.54, 1.807) is 21.4 Å². The summed E-state index contributed by atoms with van der Waals surface area (Å²) in [6.07, 6.45) is 3.91. The Bertz CT molecular complexity index is 1910. The lowest BCUT2D eigenvalue weighted by molar-refractivity contribution is 0.588. The van der Waals surface area contributed by atoms with Gasteiger partial charge in [-0.2, -0.15) is 5.10 Å². The third kappa shape index (κ3) is 7.90. The summed E-state index contributed by atoms with van der Waals surface area (Å²) in [5, 5.41) is 5.16. The van der Waals surface area contributed by atoms with Crippen LogP contribution in [-0.2, 0) is 41.4 Å². The third-order valence-corrected chi connectivity index (χ3v) is 9.37. The monoisotopic (exact) mass is 643 g/mol. The fourth-order valence-electron chi connectivity index (χ4n) is 5.12. The second-order valence-electron chi connectivity index (χ2n) is 12.1. The number of benzene rings is 3. The van der Waals surface area contributed by atoms with E-state index < -0.39 is 10.0 Å². The lowest BCUT2D eigenvalue weighted by atomic mass is 9.87. The van der Waals surface area contributed by atoms with Gasteiger partial charge in [-0.25, -0.2) is 17.9 Å². The molecule has 0 aliphatic heterocycles. The maximum atomic E-state index is 13.0. The molecular formula is C35H38ClN5O3S. The Balaban J connectivity index is 1.17. The van der Waals surface area contributed by atoms with Gasteiger partial charge in [0.05, 0.1) is 29.0 Å². The van der Waals surface area contributed by atoms with E-state index in [0.717, 1.165) is 35.5 Å². The van der Waals surface area contributed by atoms with Crippen LogP contribution in [-0.4, -0.2) is 27.7 Å². The zero-order valence-electron chi connectivity index (χ0n) is 26.0. The van der Waals surface area contributed by atoms with Crippen molar-refractivity contribution in [1.29, 1.82) is 0 Å². The molecule has 0 saturated carbocycles. The maximum Gasteiger partial charge on any atom is 0.346 e. The fraction of sp³-hybridized carbons (Fsp3) is 0.286. The van der Waals surface area contributed by atoms with Gasteiger partial charge in [0.15, 0.2) is 0 Å². The first kappa shape index (κ1) is 32.2. The van der Waals surface area contributed by atoms with Crippen LogP contribution < -0.4 is 10.4 Å². The average molecular weight is 644 g/mol. The van der Waals surface area contributed by atoms with Crippen LogP contribution in [0.2, 0.25) is 5.02 Å². The minimum Gasteiger partial charge on any atom is -0.279 e. The van der Waals surface area contributed by atoms with Gasteiger partial charge < -0.3 is 0 Å². The number of nitrogens with one attached hydrogen (secondary N) is 1. The lowest BCUT2D eigenvalue weighted by Crippen LogP contribution is -2.25. The molecule has 8 nitrogen and oxygen atoms in total. The molecule has 0 atom stereocenters. The van der Waals surface area contributed by atoms with Gasteiger partial charge in [0.2, 0.25) is 0 Å². The summed E-state index contributed by atoms with van der Waals surface area (Å²) in [5.74, 6) is 0.807. The number of sulfonamides is 1. The van der Waals surface area contributed by atoms with E-state index in [0.29, 0.717) is 30.2 Å². The minimum atomic E-state index is -3.74. The molecule has 0 amide bonds. The van der Waals surface area contributed by atoms with Gasteiger partial charge >= 0.3 is 5.69 Å². The van der Waals surface area contributed by atoms with Crippen LogP contribution in [0, 0.1) is 0 Å². The number of anilines is 1. The number of hydrogen-bond donors (Lipinski definition) is 1. The molecule has 234 valence electrons. The SMILES string of the molecule is CCn1c(CCCc2ccc(-c3ccc(NS(=O)(=O)c4ccc(Cl)cc4)cn3)cc2)nn(Cc2ccc(C(C)(C)C)cc2)c1=O. The Morgan fingerprint density at radius 1 is 0.844 bits per heavy atom. The van der Waals surface area contributed by atoms with Gasteiger partial charge in [-0.3, -0.25) is 14.3 Å². The Kier molecular flexibility index (Phi) is 9.60. The number of nitrogens with zero attached hydrogens (tertiary/aromatic N) is 4. The minimum absolute atomic E-state index is 0.0759. The zero-order valence-corrected chi connectivity index (χ0v) is 27.6. The normalized spacial score (nSPS) is 11.9. The van der Waals surface area contributed by atoms with E-state index in [1.807, 2.05) is 19.1 Å². The number of hydrogen-bond acceptors (Lipinski definition) is 5. The highest BCUT2D eigenvalue weighted by Crippen LogP contribution is 2.24. The van der Waals surface area contributed by atoms with Crippen molar-refractivity contribution in [2.75, 3.05) is 4.72 Å².